The largest absolute Gasteiger partial charge is 0.345 e. The number of hydrogen-bond acceptors (Lipinski definition) is 2. The molecule has 1 aromatic carbocycles. The van der Waals surface area contributed by atoms with E-state index in [1.54, 1.807) is 6.92 Å². The van der Waals surface area contributed by atoms with Gasteiger partial charge in [0.2, 0.25) is 0 Å². The van der Waals surface area contributed by atoms with Gasteiger partial charge in [0.25, 0.3) is 0 Å². The van der Waals surface area contributed by atoms with E-state index in [4.69, 9.17) is 0 Å². The second-order valence-electron chi connectivity index (χ2n) is 5.86. The highest BCUT2D eigenvalue weighted by molar-refractivity contribution is 6.07. The molecule has 1 fully saturated rings. The number of benzene rings is 1. The van der Waals surface area contributed by atoms with Crippen LogP contribution in [0.2, 0.25) is 0 Å². The van der Waals surface area contributed by atoms with Crippen molar-refractivity contribution in [3.8, 4) is 0 Å². The van der Waals surface area contributed by atoms with Crippen molar-refractivity contribution in [3.63, 3.8) is 0 Å². The summed E-state index contributed by atoms with van der Waals surface area (Å²) in [4.78, 5) is 14.3. The summed E-state index contributed by atoms with van der Waals surface area (Å²) in [5.74, 6) is 0.153. The number of likely N-dealkylation sites (tertiary alicyclic amines) is 1. The zero-order valence-corrected chi connectivity index (χ0v) is 12.4. The number of Topliss-reactive ketones (excluding diaryl/α,β-unsaturated/α-hetero) is 1. The topological polar surface area (TPSA) is 25.2 Å². The van der Waals surface area contributed by atoms with Gasteiger partial charge in [-0.3, -0.25) is 4.79 Å². The maximum absolute atomic E-state index is 11.8. The number of aryl methyl sites for hydroxylation is 1. The third-order valence-electron chi connectivity index (χ3n) is 4.27. The Labute approximate surface area is 120 Å². The van der Waals surface area contributed by atoms with Crippen LogP contribution in [-0.4, -0.2) is 34.9 Å². The Kier molecular flexibility index (Phi) is 3.62. The molecule has 0 aliphatic carbocycles. The normalized spacial score (nSPS) is 16.1. The average molecular weight is 270 g/mol. The van der Waals surface area contributed by atoms with E-state index in [9.17, 15) is 4.79 Å². The Balaban J connectivity index is 1.91. The Hall–Kier alpha value is -1.61. The van der Waals surface area contributed by atoms with Crippen LogP contribution in [0, 0.1) is 6.92 Å². The van der Waals surface area contributed by atoms with Gasteiger partial charge in [-0.25, -0.2) is 0 Å². The Bertz CT molecular complexity index is 636. The molecule has 0 radical (unpaired) electrons. The lowest BCUT2D eigenvalue weighted by Gasteiger charge is -2.15. The first-order valence-electron chi connectivity index (χ1n) is 7.48. The zero-order chi connectivity index (χ0) is 14.1. The van der Waals surface area contributed by atoms with E-state index in [2.05, 4.69) is 34.6 Å². The van der Waals surface area contributed by atoms with E-state index in [0.29, 0.717) is 0 Å². The number of nitrogens with zero attached hydrogens (tertiary/aromatic N) is 2. The van der Waals surface area contributed by atoms with Crippen molar-refractivity contribution in [3.05, 3.63) is 35.5 Å². The molecule has 0 atom stereocenters. The molecule has 3 nitrogen and oxygen atoms in total. The molecule has 3 rings (SSSR count). The number of carbonyl (C=O) groups excluding carboxylic acids is 1. The Morgan fingerprint density at radius 2 is 1.95 bits per heavy atom. The molecule has 106 valence electrons. The van der Waals surface area contributed by atoms with E-state index in [0.717, 1.165) is 24.0 Å². The molecular formula is C17H22N2O. The molecule has 20 heavy (non-hydrogen) atoms. The highest BCUT2D eigenvalue weighted by Crippen LogP contribution is 2.23. The molecule has 1 aliphatic rings. The van der Waals surface area contributed by atoms with Gasteiger partial charge in [0.05, 0.1) is 0 Å². The van der Waals surface area contributed by atoms with E-state index in [1.807, 2.05) is 6.20 Å². The molecule has 0 saturated carbocycles. The Morgan fingerprint density at radius 3 is 2.65 bits per heavy atom. The van der Waals surface area contributed by atoms with Gasteiger partial charge in [-0.2, -0.15) is 0 Å². The fourth-order valence-corrected chi connectivity index (χ4v) is 3.13. The molecule has 0 amide bonds. The summed E-state index contributed by atoms with van der Waals surface area (Å²) in [6.45, 7) is 8.21. The maximum atomic E-state index is 11.8. The summed E-state index contributed by atoms with van der Waals surface area (Å²) in [6.07, 6.45) is 4.68. The standard InChI is InChI=1S/C17H22N2O/c1-13-5-6-17-15(11-13)16(14(2)20)12-19(17)10-9-18-7-3-4-8-18/h5-6,11-12H,3-4,7-10H2,1-2H3. The van der Waals surface area contributed by atoms with Gasteiger partial charge >= 0.3 is 0 Å². The zero-order valence-electron chi connectivity index (χ0n) is 12.4. The molecule has 1 saturated heterocycles. The van der Waals surface area contributed by atoms with Crippen molar-refractivity contribution in [2.75, 3.05) is 19.6 Å². The predicted molar refractivity (Wildman–Crippen MR) is 82.4 cm³/mol. The smallest absolute Gasteiger partial charge is 0.161 e. The van der Waals surface area contributed by atoms with Crippen LogP contribution < -0.4 is 0 Å². The van der Waals surface area contributed by atoms with Crippen LogP contribution in [0.25, 0.3) is 10.9 Å². The van der Waals surface area contributed by atoms with Crippen LogP contribution >= 0.6 is 0 Å². The van der Waals surface area contributed by atoms with Crippen LogP contribution in [0.4, 0.5) is 0 Å². The van der Waals surface area contributed by atoms with Crippen molar-refractivity contribution >= 4 is 16.7 Å². The van der Waals surface area contributed by atoms with Crippen LogP contribution in [-0.2, 0) is 6.54 Å². The van der Waals surface area contributed by atoms with Crippen LogP contribution in [0.15, 0.2) is 24.4 Å². The van der Waals surface area contributed by atoms with Gasteiger partial charge in [-0.15, -0.1) is 0 Å². The predicted octanol–water partition coefficient (Wildman–Crippen LogP) is 3.25. The number of aromatic nitrogens is 1. The molecule has 0 bridgehead atoms. The van der Waals surface area contributed by atoms with Crippen LogP contribution in [0.3, 0.4) is 0 Å². The first-order chi connectivity index (χ1) is 9.65. The molecule has 2 aromatic rings. The summed E-state index contributed by atoms with van der Waals surface area (Å²) in [6, 6.07) is 6.39. The molecule has 0 spiro atoms. The monoisotopic (exact) mass is 270 g/mol. The van der Waals surface area contributed by atoms with Gasteiger partial charge in [0, 0.05) is 35.8 Å². The first-order valence-corrected chi connectivity index (χ1v) is 7.48. The molecule has 3 heteroatoms. The third kappa shape index (κ3) is 2.50. The number of rotatable bonds is 4. The minimum Gasteiger partial charge on any atom is -0.345 e. The SMILES string of the molecule is CC(=O)c1cn(CCN2CCCC2)c2ccc(C)cc12. The molecule has 2 heterocycles. The summed E-state index contributed by atoms with van der Waals surface area (Å²) in [7, 11) is 0. The summed E-state index contributed by atoms with van der Waals surface area (Å²) in [5, 5.41) is 1.10. The van der Waals surface area contributed by atoms with Crippen LogP contribution in [0.1, 0.15) is 35.7 Å². The summed E-state index contributed by atoms with van der Waals surface area (Å²) in [5.41, 5.74) is 3.24. The van der Waals surface area contributed by atoms with Gasteiger partial charge < -0.3 is 9.47 Å². The summed E-state index contributed by atoms with van der Waals surface area (Å²) >= 11 is 0. The van der Waals surface area contributed by atoms with Crippen molar-refractivity contribution < 1.29 is 4.79 Å². The second-order valence-corrected chi connectivity index (χ2v) is 5.86. The van der Waals surface area contributed by atoms with Gasteiger partial charge in [-0.05, 0) is 51.9 Å². The van der Waals surface area contributed by atoms with Crippen molar-refractivity contribution in [1.82, 2.24) is 9.47 Å². The number of carbonyl (C=O) groups is 1. The van der Waals surface area contributed by atoms with E-state index in [1.165, 1.54) is 37.0 Å². The molecule has 1 aromatic heterocycles. The highest BCUT2D eigenvalue weighted by atomic mass is 16.1. The summed E-state index contributed by atoms with van der Waals surface area (Å²) < 4.78 is 2.24. The van der Waals surface area contributed by atoms with Gasteiger partial charge in [0.15, 0.2) is 5.78 Å². The molecule has 0 N–H and O–H groups in total. The fraction of sp³-hybridized carbons (Fsp3) is 0.471. The quantitative estimate of drug-likeness (QED) is 0.797. The average Bonchev–Trinajstić information content (AvgIpc) is 3.02. The maximum Gasteiger partial charge on any atom is 0.161 e. The molecule has 1 aliphatic heterocycles. The van der Waals surface area contributed by atoms with Crippen molar-refractivity contribution in [2.24, 2.45) is 0 Å². The van der Waals surface area contributed by atoms with Gasteiger partial charge in [0.1, 0.15) is 0 Å². The van der Waals surface area contributed by atoms with E-state index < -0.39 is 0 Å². The minimum atomic E-state index is 0.153. The molecule has 0 unspecified atom stereocenters. The van der Waals surface area contributed by atoms with Crippen molar-refractivity contribution in [1.29, 1.82) is 0 Å². The van der Waals surface area contributed by atoms with Crippen molar-refractivity contribution in [2.45, 2.75) is 33.2 Å². The van der Waals surface area contributed by atoms with Crippen LogP contribution in [0.5, 0.6) is 0 Å². The first kappa shape index (κ1) is 13.4. The highest BCUT2D eigenvalue weighted by Gasteiger charge is 2.14. The fourth-order valence-electron chi connectivity index (χ4n) is 3.13. The lowest BCUT2D eigenvalue weighted by atomic mass is 10.1. The Morgan fingerprint density at radius 1 is 1.20 bits per heavy atom. The number of hydrogen-bond donors (Lipinski definition) is 0. The number of fused-ring (bicyclic) bond motifs is 1. The molecular weight excluding hydrogens is 248 g/mol. The van der Waals surface area contributed by atoms with E-state index >= 15 is 0 Å². The second kappa shape index (κ2) is 5.41. The third-order valence-corrected chi connectivity index (χ3v) is 4.27. The lowest BCUT2D eigenvalue weighted by molar-refractivity contribution is 0.101. The lowest BCUT2D eigenvalue weighted by Crippen LogP contribution is -2.23. The minimum absolute atomic E-state index is 0.153. The van der Waals surface area contributed by atoms with E-state index in [-0.39, 0.29) is 5.78 Å². The number of ketones is 1. The van der Waals surface area contributed by atoms with Gasteiger partial charge in [-0.1, -0.05) is 11.6 Å².